The molecule has 2 atom stereocenters. The molecule has 8 heteroatoms. The maximum Gasteiger partial charge on any atom is 0.412 e. The summed E-state index contributed by atoms with van der Waals surface area (Å²) >= 11 is 6.30. The topological polar surface area (TPSA) is 98.9 Å². The van der Waals surface area contributed by atoms with Crippen LogP contribution in [0.3, 0.4) is 0 Å². The highest BCUT2D eigenvalue weighted by Gasteiger charge is 2.42. The average Bonchev–Trinajstić information content (AvgIpc) is 2.74. The lowest BCUT2D eigenvalue weighted by Crippen LogP contribution is -2.53. The first-order chi connectivity index (χ1) is 14.8. The Bertz CT molecular complexity index is 964. The van der Waals surface area contributed by atoms with Crippen molar-refractivity contribution < 1.29 is 23.9 Å². The fourth-order valence-corrected chi connectivity index (χ4v) is 4.10. The van der Waals surface area contributed by atoms with Gasteiger partial charge in [0.15, 0.2) is 0 Å². The molecule has 0 bridgehead atoms. The van der Waals surface area contributed by atoms with Gasteiger partial charge in [-0.2, -0.15) is 0 Å². The average molecular weight is 445 g/mol. The SMILES string of the molecule is CC(C)Oc1ccc(C(=O)N2CCCC(c3ccccc3)C2C(=O)OC(N)=O)cc1Cl. The lowest BCUT2D eigenvalue weighted by molar-refractivity contribution is -0.144. The summed E-state index contributed by atoms with van der Waals surface area (Å²) in [6.45, 7) is 4.09. The number of nitrogens with zero attached hydrogens (tertiary/aromatic N) is 1. The number of carbonyl (C=O) groups excluding carboxylic acids is 3. The number of nitrogens with two attached hydrogens (primary N) is 1. The number of piperidine rings is 1. The van der Waals surface area contributed by atoms with Crippen LogP contribution < -0.4 is 10.5 Å². The molecule has 2 amide bonds. The second kappa shape index (κ2) is 9.83. The highest BCUT2D eigenvalue weighted by Crippen LogP contribution is 2.35. The number of halogens is 1. The van der Waals surface area contributed by atoms with Gasteiger partial charge in [0.05, 0.1) is 11.1 Å². The summed E-state index contributed by atoms with van der Waals surface area (Å²) in [7, 11) is 0. The minimum Gasteiger partial charge on any atom is -0.489 e. The van der Waals surface area contributed by atoms with Crippen LogP contribution in [0.2, 0.25) is 5.02 Å². The number of likely N-dealkylation sites (tertiary alicyclic amines) is 1. The predicted molar refractivity (Wildman–Crippen MR) is 116 cm³/mol. The third kappa shape index (κ3) is 5.35. The Kier molecular flexibility index (Phi) is 7.17. The van der Waals surface area contributed by atoms with Crippen LogP contribution >= 0.6 is 11.6 Å². The molecule has 0 radical (unpaired) electrons. The Morgan fingerprint density at radius 3 is 2.45 bits per heavy atom. The summed E-state index contributed by atoms with van der Waals surface area (Å²) in [6.07, 6.45) is 0.0797. The number of rotatable bonds is 5. The molecule has 31 heavy (non-hydrogen) atoms. The van der Waals surface area contributed by atoms with E-state index in [0.717, 1.165) is 5.56 Å². The van der Waals surface area contributed by atoms with E-state index in [0.29, 0.717) is 35.7 Å². The molecule has 0 saturated carbocycles. The van der Waals surface area contributed by atoms with Crippen LogP contribution in [0, 0.1) is 0 Å². The number of carbonyl (C=O) groups is 3. The lowest BCUT2D eigenvalue weighted by Gasteiger charge is -2.39. The van der Waals surface area contributed by atoms with Gasteiger partial charge in [-0.15, -0.1) is 0 Å². The van der Waals surface area contributed by atoms with Crippen molar-refractivity contribution in [3.05, 3.63) is 64.7 Å². The van der Waals surface area contributed by atoms with Gasteiger partial charge in [0, 0.05) is 18.0 Å². The molecule has 3 rings (SSSR count). The predicted octanol–water partition coefficient (Wildman–Crippen LogP) is 4.14. The second-order valence-electron chi connectivity index (χ2n) is 7.65. The zero-order valence-electron chi connectivity index (χ0n) is 17.4. The lowest BCUT2D eigenvalue weighted by atomic mass is 9.83. The standard InChI is InChI=1S/C23H25ClN2O5/c1-14(2)30-19-11-10-16(13-18(19)24)21(27)26-12-6-9-17(15-7-4-3-5-8-15)20(26)22(28)31-23(25)29/h3-5,7-8,10-11,13-14,17,20H,6,9,12H2,1-2H3,(H2,25,29). The molecule has 2 N–H and O–H groups in total. The Morgan fingerprint density at radius 1 is 1.13 bits per heavy atom. The molecule has 1 heterocycles. The second-order valence-corrected chi connectivity index (χ2v) is 8.06. The van der Waals surface area contributed by atoms with Crippen LogP contribution in [0.4, 0.5) is 4.79 Å². The van der Waals surface area contributed by atoms with E-state index in [2.05, 4.69) is 0 Å². The molecular weight excluding hydrogens is 420 g/mol. The minimum atomic E-state index is -1.20. The van der Waals surface area contributed by atoms with Crippen molar-refractivity contribution >= 4 is 29.6 Å². The molecule has 1 aliphatic heterocycles. The first-order valence-electron chi connectivity index (χ1n) is 10.1. The first-order valence-corrected chi connectivity index (χ1v) is 10.5. The van der Waals surface area contributed by atoms with Crippen LogP contribution in [0.1, 0.15) is 48.5 Å². The van der Waals surface area contributed by atoms with Gasteiger partial charge in [-0.3, -0.25) is 4.79 Å². The summed E-state index contributed by atoms with van der Waals surface area (Å²) in [5.41, 5.74) is 6.27. The van der Waals surface area contributed by atoms with Crippen molar-refractivity contribution in [3.8, 4) is 5.75 Å². The van der Waals surface area contributed by atoms with Crippen molar-refractivity contribution in [1.29, 1.82) is 0 Å². The number of benzene rings is 2. The van der Waals surface area contributed by atoms with E-state index in [4.69, 9.17) is 26.8 Å². The summed E-state index contributed by atoms with van der Waals surface area (Å²) in [6, 6.07) is 13.1. The van der Waals surface area contributed by atoms with Crippen molar-refractivity contribution in [1.82, 2.24) is 4.90 Å². The fraction of sp³-hybridized carbons (Fsp3) is 0.348. The van der Waals surface area contributed by atoms with E-state index < -0.39 is 18.1 Å². The van der Waals surface area contributed by atoms with E-state index in [1.165, 1.54) is 11.0 Å². The van der Waals surface area contributed by atoms with Crippen LogP contribution in [0.15, 0.2) is 48.5 Å². The molecule has 2 aromatic rings. The molecule has 7 nitrogen and oxygen atoms in total. The van der Waals surface area contributed by atoms with Crippen LogP contribution in [-0.2, 0) is 9.53 Å². The Balaban J connectivity index is 1.94. The van der Waals surface area contributed by atoms with Gasteiger partial charge in [-0.25, -0.2) is 9.59 Å². The number of amides is 2. The van der Waals surface area contributed by atoms with E-state index in [1.807, 2.05) is 44.2 Å². The summed E-state index contributed by atoms with van der Waals surface area (Å²) in [5, 5.41) is 0.299. The number of esters is 1. The maximum atomic E-state index is 13.4. The quantitative estimate of drug-likeness (QED) is 0.552. The van der Waals surface area contributed by atoms with Gasteiger partial charge in [-0.1, -0.05) is 41.9 Å². The van der Waals surface area contributed by atoms with Crippen molar-refractivity contribution in [3.63, 3.8) is 0 Å². The number of hydrogen-bond donors (Lipinski definition) is 1. The molecule has 0 aromatic heterocycles. The molecule has 1 fully saturated rings. The Labute approximate surface area is 186 Å². The molecule has 0 spiro atoms. The summed E-state index contributed by atoms with van der Waals surface area (Å²) in [4.78, 5) is 38.9. The van der Waals surface area contributed by atoms with Gasteiger partial charge in [0.25, 0.3) is 5.91 Å². The van der Waals surface area contributed by atoms with Crippen molar-refractivity contribution in [2.24, 2.45) is 5.73 Å². The Hall–Kier alpha value is -3.06. The third-order valence-electron chi connectivity index (χ3n) is 5.10. The van der Waals surface area contributed by atoms with Gasteiger partial charge in [0.1, 0.15) is 11.8 Å². The molecule has 1 saturated heterocycles. The molecule has 164 valence electrons. The van der Waals surface area contributed by atoms with Gasteiger partial charge in [0.2, 0.25) is 0 Å². The van der Waals surface area contributed by atoms with Crippen molar-refractivity contribution in [2.75, 3.05) is 6.54 Å². The third-order valence-corrected chi connectivity index (χ3v) is 5.40. The maximum absolute atomic E-state index is 13.4. The van der Waals surface area contributed by atoms with Gasteiger partial charge < -0.3 is 20.1 Å². The van der Waals surface area contributed by atoms with E-state index >= 15 is 0 Å². The number of primary amides is 1. The van der Waals surface area contributed by atoms with E-state index in [1.54, 1.807) is 12.1 Å². The molecule has 1 aliphatic rings. The highest BCUT2D eigenvalue weighted by molar-refractivity contribution is 6.32. The minimum absolute atomic E-state index is 0.0688. The van der Waals surface area contributed by atoms with E-state index in [9.17, 15) is 14.4 Å². The summed E-state index contributed by atoms with van der Waals surface area (Å²) in [5.74, 6) is -1.09. The zero-order chi connectivity index (χ0) is 22.5. The molecule has 2 aromatic carbocycles. The molecule has 0 aliphatic carbocycles. The first kappa shape index (κ1) is 22.6. The van der Waals surface area contributed by atoms with Crippen LogP contribution in [0.5, 0.6) is 5.75 Å². The van der Waals surface area contributed by atoms with Gasteiger partial charge >= 0.3 is 12.1 Å². The smallest absolute Gasteiger partial charge is 0.412 e. The monoisotopic (exact) mass is 444 g/mol. The fourth-order valence-electron chi connectivity index (χ4n) is 3.87. The largest absolute Gasteiger partial charge is 0.489 e. The number of hydrogen-bond acceptors (Lipinski definition) is 5. The molecular formula is C23H25ClN2O5. The number of ether oxygens (including phenoxy) is 2. The van der Waals surface area contributed by atoms with Gasteiger partial charge in [-0.05, 0) is 50.5 Å². The van der Waals surface area contributed by atoms with Crippen LogP contribution in [-0.4, -0.2) is 41.6 Å². The molecule has 2 unspecified atom stereocenters. The van der Waals surface area contributed by atoms with Crippen LogP contribution in [0.25, 0.3) is 0 Å². The van der Waals surface area contributed by atoms with Crippen molar-refractivity contribution in [2.45, 2.75) is 44.8 Å². The van der Waals surface area contributed by atoms with E-state index in [-0.39, 0.29) is 17.9 Å². The normalized spacial score (nSPS) is 18.5. The summed E-state index contributed by atoms with van der Waals surface area (Å²) < 4.78 is 10.3. The zero-order valence-corrected chi connectivity index (χ0v) is 18.2. The highest BCUT2D eigenvalue weighted by atomic mass is 35.5. The Morgan fingerprint density at radius 2 is 1.84 bits per heavy atom.